The maximum atomic E-state index is 13.0. The van der Waals surface area contributed by atoms with Crippen LogP contribution < -0.4 is 5.73 Å². The van der Waals surface area contributed by atoms with Crippen molar-refractivity contribution in [2.24, 2.45) is 5.73 Å². The van der Waals surface area contributed by atoms with Crippen molar-refractivity contribution >= 4 is 0 Å². The summed E-state index contributed by atoms with van der Waals surface area (Å²) >= 11 is 0. The van der Waals surface area contributed by atoms with Crippen LogP contribution in [-0.2, 0) is 19.0 Å². The minimum atomic E-state index is -2.91. The molecule has 0 radical (unpaired) electrons. The average Bonchev–Trinajstić information content (AvgIpc) is 2.76. The van der Waals surface area contributed by atoms with Gasteiger partial charge >= 0.3 is 0 Å². The Labute approximate surface area is 103 Å². The third kappa shape index (κ3) is 2.89. The van der Waals surface area contributed by atoms with E-state index in [1.807, 2.05) is 6.20 Å². The molecule has 0 saturated heterocycles. The molecular formula is C12H14F2N4. The van der Waals surface area contributed by atoms with Gasteiger partial charge in [0.25, 0.3) is 5.92 Å². The third-order valence-electron chi connectivity index (χ3n) is 2.54. The number of alkyl halides is 2. The van der Waals surface area contributed by atoms with Gasteiger partial charge in [-0.3, -0.25) is 9.67 Å². The Morgan fingerprint density at radius 2 is 2.06 bits per heavy atom. The average molecular weight is 252 g/mol. The minimum absolute atomic E-state index is 0.227. The number of hydrogen-bond acceptors (Lipinski definition) is 3. The molecule has 2 aromatic rings. The van der Waals surface area contributed by atoms with E-state index in [-0.39, 0.29) is 5.69 Å². The molecule has 0 spiro atoms. The van der Waals surface area contributed by atoms with E-state index in [1.165, 1.54) is 12.3 Å². The van der Waals surface area contributed by atoms with Gasteiger partial charge < -0.3 is 5.73 Å². The van der Waals surface area contributed by atoms with Gasteiger partial charge in [-0.25, -0.2) is 0 Å². The molecule has 0 amide bonds. The summed E-state index contributed by atoms with van der Waals surface area (Å²) in [5.41, 5.74) is 6.99. The molecule has 0 aromatic carbocycles. The number of nitrogens with two attached hydrogens (primary N) is 1. The topological polar surface area (TPSA) is 56.7 Å². The number of rotatable bonds is 4. The monoisotopic (exact) mass is 252 g/mol. The first-order chi connectivity index (χ1) is 8.49. The molecule has 18 heavy (non-hydrogen) atoms. The SMILES string of the molecule is CC(F)(F)c1ccc(Cn2cc(CN)cn2)cn1. The lowest BCUT2D eigenvalue weighted by molar-refractivity contribution is 0.0127. The summed E-state index contributed by atoms with van der Waals surface area (Å²) in [6.07, 6.45) is 4.95. The lowest BCUT2D eigenvalue weighted by Gasteiger charge is -2.09. The van der Waals surface area contributed by atoms with Crippen molar-refractivity contribution in [3.05, 3.63) is 47.5 Å². The molecule has 6 heteroatoms. The van der Waals surface area contributed by atoms with E-state index >= 15 is 0 Å². The molecule has 2 aromatic heterocycles. The van der Waals surface area contributed by atoms with Gasteiger partial charge in [-0.1, -0.05) is 6.07 Å². The van der Waals surface area contributed by atoms with Crippen LogP contribution in [-0.4, -0.2) is 14.8 Å². The second-order valence-electron chi connectivity index (χ2n) is 4.19. The maximum Gasteiger partial charge on any atom is 0.286 e. The van der Waals surface area contributed by atoms with Crippen molar-refractivity contribution in [3.8, 4) is 0 Å². The number of hydrogen-bond donors (Lipinski definition) is 1. The van der Waals surface area contributed by atoms with E-state index in [0.717, 1.165) is 18.1 Å². The Balaban J connectivity index is 2.11. The van der Waals surface area contributed by atoms with Crippen LogP contribution in [0.15, 0.2) is 30.7 Å². The van der Waals surface area contributed by atoms with Crippen LogP contribution in [0.4, 0.5) is 8.78 Å². The first kappa shape index (κ1) is 12.6. The van der Waals surface area contributed by atoms with Crippen LogP contribution >= 0.6 is 0 Å². The quantitative estimate of drug-likeness (QED) is 0.904. The number of halogens is 2. The molecule has 2 heterocycles. The lowest BCUT2D eigenvalue weighted by atomic mass is 10.2. The third-order valence-corrected chi connectivity index (χ3v) is 2.54. The van der Waals surface area contributed by atoms with Crippen LogP contribution in [0, 0.1) is 0 Å². The van der Waals surface area contributed by atoms with Crippen molar-refractivity contribution in [2.45, 2.75) is 25.9 Å². The van der Waals surface area contributed by atoms with Crippen LogP contribution in [0.1, 0.15) is 23.7 Å². The second kappa shape index (κ2) is 4.81. The number of pyridine rings is 1. The highest BCUT2D eigenvalue weighted by Crippen LogP contribution is 2.24. The molecule has 2 N–H and O–H groups in total. The molecule has 0 aliphatic heterocycles. The Kier molecular flexibility index (Phi) is 3.38. The molecule has 2 rings (SSSR count). The van der Waals surface area contributed by atoms with Gasteiger partial charge in [0.15, 0.2) is 0 Å². The first-order valence-electron chi connectivity index (χ1n) is 5.53. The van der Waals surface area contributed by atoms with E-state index < -0.39 is 5.92 Å². The fraction of sp³-hybridized carbons (Fsp3) is 0.333. The molecule has 0 aliphatic rings. The highest BCUT2D eigenvalue weighted by atomic mass is 19.3. The first-order valence-corrected chi connectivity index (χ1v) is 5.53. The fourth-order valence-electron chi connectivity index (χ4n) is 1.56. The normalized spacial score (nSPS) is 11.8. The largest absolute Gasteiger partial charge is 0.326 e. The highest BCUT2D eigenvalue weighted by molar-refractivity contribution is 5.17. The lowest BCUT2D eigenvalue weighted by Crippen LogP contribution is -2.10. The molecule has 0 bridgehead atoms. The van der Waals surface area contributed by atoms with Gasteiger partial charge in [-0.05, 0) is 11.6 Å². The molecule has 96 valence electrons. The van der Waals surface area contributed by atoms with Crippen molar-refractivity contribution in [1.82, 2.24) is 14.8 Å². The Morgan fingerprint density at radius 3 is 2.56 bits per heavy atom. The summed E-state index contributed by atoms with van der Waals surface area (Å²) in [5.74, 6) is -2.91. The molecular weight excluding hydrogens is 238 g/mol. The zero-order chi connectivity index (χ0) is 13.2. The summed E-state index contributed by atoms with van der Waals surface area (Å²) in [4.78, 5) is 3.76. The van der Waals surface area contributed by atoms with Crippen molar-refractivity contribution < 1.29 is 8.78 Å². The fourth-order valence-corrected chi connectivity index (χ4v) is 1.56. The van der Waals surface area contributed by atoms with E-state index in [1.54, 1.807) is 16.9 Å². The molecule has 0 fully saturated rings. The molecule has 4 nitrogen and oxygen atoms in total. The highest BCUT2D eigenvalue weighted by Gasteiger charge is 2.25. The summed E-state index contributed by atoms with van der Waals surface area (Å²) < 4.78 is 27.6. The van der Waals surface area contributed by atoms with Gasteiger partial charge in [0.05, 0.1) is 12.7 Å². The Hall–Kier alpha value is -1.82. The molecule has 0 saturated carbocycles. The van der Waals surface area contributed by atoms with Crippen molar-refractivity contribution in [3.63, 3.8) is 0 Å². The minimum Gasteiger partial charge on any atom is -0.326 e. The number of aromatic nitrogens is 3. The van der Waals surface area contributed by atoms with Crippen LogP contribution in [0.25, 0.3) is 0 Å². The van der Waals surface area contributed by atoms with Crippen LogP contribution in [0.2, 0.25) is 0 Å². The summed E-state index contributed by atoms with van der Waals surface area (Å²) in [6.45, 7) is 1.75. The van der Waals surface area contributed by atoms with E-state index in [2.05, 4.69) is 10.1 Å². The van der Waals surface area contributed by atoms with Gasteiger partial charge in [-0.2, -0.15) is 13.9 Å². The van der Waals surface area contributed by atoms with Crippen molar-refractivity contribution in [2.75, 3.05) is 0 Å². The smallest absolute Gasteiger partial charge is 0.286 e. The Bertz CT molecular complexity index is 514. The Morgan fingerprint density at radius 1 is 1.28 bits per heavy atom. The van der Waals surface area contributed by atoms with Crippen LogP contribution in [0.3, 0.4) is 0 Å². The number of nitrogens with zero attached hydrogens (tertiary/aromatic N) is 3. The van der Waals surface area contributed by atoms with E-state index in [0.29, 0.717) is 13.1 Å². The summed E-state index contributed by atoms with van der Waals surface area (Å²) in [7, 11) is 0. The summed E-state index contributed by atoms with van der Waals surface area (Å²) in [6, 6.07) is 2.96. The van der Waals surface area contributed by atoms with Gasteiger partial charge in [-0.15, -0.1) is 0 Å². The summed E-state index contributed by atoms with van der Waals surface area (Å²) in [5, 5.41) is 4.11. The van der Waals surface area contributed by atoms with E-state index in [4.69, 9.17) is 5.73 Å². The maximum absolute atomic E-state index is 13.0. The molecule has 0 unspecified atom stereocenters. The van der Waals surface area contributed by atoms with Gasteiger partial charge in [0.1, 0.15) is 5.69 Å². The predicted molar refractivity (Wildman–Crippen MR) is 63.0 cm³/mol. The van der Waals surface area contributed by atoms with Gasteiger partial charge in [0, 0.05) is 31.4 Å². The zero-order valence-electron chi connectivity index (χ0n) is 9.98. The predicted octanol–water partition coefficient (Wildman–Crippen LogP) is 1.90. The molecule has 0 aliphatic carbocycles. The second-order valence-corrected chi connectivity index (χ2v) is 4.19. The zero-order valence-corrected chi connectivity index (χ0v) is 9.98. The van der Waals surface area contributed by atoms with Crippen molar-refractivity contribution in [1.29, 1.82) is 0 Å². The van der Waals surface area contributed by atoms with E-state index in [9.17, 15) is 8.78 Å². The standard InChI is InChI=1S/C12H14F2N4/c1-12(13,14)11-3-2-9(5-16-11)7-18-8-10(4-15)6-17-18/h2-3,5-6,8H,4,7,15H2,1H3. The molecule has 0 atom stereocenters. The van der Waals surface area contributed by atoms with Gasteiger partial charge in [0.2, 0.25) is 0 Å². The van der Waals surface area contributed by atoms with Crippen LogP contribution in [0.5, 0.6) is 0 Å².